The summed E-state index contributed by atoms with van der Waals surface area (Å²) in [6.07, 6.45) is 1.64. The van der Waals surface area contributed by atoms with Gasteiger partial charge in [-0.05, 0) is 32.0 Å². The fraction of sp³-hybridized carbons (Fsp3) is 0.421. The summed E-state index contributed by atoms with van der Waals surface area (Å²) in [5.41, 5.74) is 1.50. The van der Waals surface area contributed by atoms with Crippen molar-refractivity contribution in [3.63, 3.8) is 0 Å². The molecule has 0 atom stereocenters. The Morgan fingerprint density at radius 2 is 1.81 bits per heavy atom. The first-order valence-corrected chi connectivity index (χ1v) is 8.85. The third-order valence-electron chi connectivity index (χ3n) is 4.28. The van der Waals surface area contributed by atoms with Crippen LogP contribution in [0.3, 0.4) is 0 Å². The van der Waals surface area contributed by atoms with Gasteiger partial charge in [-0.25, -0.2) is 9.97 Å². The number of hydrogen-bond donors (Lipinski definition) is 1. The van der Waals surface area contributed by atoms with Crippen LogP contribution in [0.4, 0.5) is 11.6 Å². The Kier molecular flexibility index (Phi) is 5.55. The highest BCUT2D eigenvalue weighted by Gasteiger charge is 2.22. The molecular formula is C19H25N5O2. The fourth-order valence-corrected chi connectivity index (χ4v) is 3.00. The quantitative estimate of drug-likeness (QED) is 0.884. The second-order valence-electron chi connectivity index (χ2n) is 6.52. The van der Waals surface area contributed by atoms with E-state index in [1.807, 2.05) is 32.0 Å². The molecule has 1 aromatic carbocycles. The minimum Gasteiger partial charge on any atom is -0.495 e. The van der Waals surface area contributed by atoms with Gasteiger partial charge < -0.3 is 19.9 Å². The Balaban J connectivity index is 1.67. The number of anilines is 2. The predicted octanol–water partition coefficient (Wildman–Crippen LogP) is 1.95. The summed E-state index contributed by atoms with van der Waals surface area (Å²) in [5, 5.41) is 2.86. The lowest BCUT2D eigenvalue weighted by atomic mass is 10.2. The van der Waals surface area contributed by atoms with Crippen LogP contribution in [-0.2, 0) is 0 Å². The molecule has 0 radical (unpaired) electrons. The van der Waals surface area contributed by atoms with Crippen LogP contribution in [0.2, 0.25) is 0 Å². The van der Waals surface area contributed by atoms with Gasteiger partial charge in [0.1, 0.15) is 11.4 Å². The molecule has 1 amide bonds. The first-order valence-electron chi connectivity index (χ1n) is 8.85. The minimum atomic E-state index is -0.170. The number of ether oxygens (including phenoxy) is 1. The lowest BCUT2D eigenvalue weighted by Gasteiger charge is -2.36. The van der Waals surface area contributed by atoms with E-state index in [0.29, 0.717) is 11.6 Å². The number of nitrogens with zero attached hydrogens (tertiary/aromatic N) is 4. The standard InChI is InChI=1S/C19H25N5O2/c1-14(2)21-18(25)15-8-9-20-19(22-15)24-12-10-23(11-13-24)16-6-4-5-7-17(16)26-3/h4-9,14H,10-13H2,1-3H3,(H,21,25). The zero-order chi connectivity index (χ0) is 18.5. The molecule has 1 fully saturated rings. The van der Waals surface area contributed by atoms with E-state index in [0.717, 1.165) is 37.6 Å². The molecule has 3 rings (SSSR count). The third kappa shape index (κ3) is 4.04. The number of carbonyl (C=O) groups is 1. The van der Waals surface area contributed by atoms with Crippen molar-refractivity contribution in [2.75, 3.05) is 43.1 Å². The van der Waals surface area contributed by atoms with Gasteiger partial charge in [0.2, 0.25) is 5.95 Å². The zero-order valence-corrected chi connectivity index (χ0v) is 15.5. The number of aromatic nitrogens is 2. The molecule has 7 heteroatoms. The van der Waals surface area contributed by atoms with Gasteiger partial charge in [-0.3, -0.25) is 4.79 Å². The van der Waals surface area contributed by atoms with Gasteiger partial charge in [-0.15, -0.1) is 0 Å². The van der Waals surface area contributed by atoms with Crippen LogP contribution in [0.5, 0.6) is 5.75 Å². The number of amides is 1. The molecule has 1 aromatic heterocycles. The van der Waals surface area contributed by atoms with Gasteiger partial charge >= 0.3 is 0 Å². The maximum atomic E-state index is 12.2. The average molecular weight is 355 g/mol. The molecule has 1 aliphatic heterocycles. The van der Waals surface area contributed by atoms with E-state index in [9.17, 15) is 4.79 Å². The topological polar surface area (TPSA) is 70.6 Å². The summed E-state index contributed by atoms with van der Waals surface area (Å²) >= 11 is 0. The van der Waals surface area contributed by atoms with Crippen LogP contribution in [-0.4, -0.2) is 55.2 Å². The zero-order valence-electron chi connectivity index (χ0n) is 15.5. The van der Waals surface area contributed by atoms with E-state index < -0.39 is 0 Å². The van der Waals surface area contributed by atoms with Crippen molar-refractivity contribution >= 4 is 17.5 Å². The molecule has 1 aliphatic rings. The monoisotopic (exact) mass is 355 g/mol. The van der Waals surface area contributed by atoms with Crippen LogP contribution < -0.4 is 19.9 Å². The Bertz CT molecular complexity index is 757. The van der Waals surface area contributed by atoms with E-state index in [1.165, 1.54) is 0 Å². The van der Waals surface area contributed by atoms with Gasteiger partial charge in [-0.2, -0.15) is 0 Å². The number of carbonyl (C=O) groups excluding carboxylic acids is 1. The Morgan fingerprint density at radius 3 is 2.50 bits per heavy atom. The molecule has 0 aliphatic carbocycles. The molecule has 1 saturated heterocycles. The van der Waals surface area contributed by atoms with Crippen molar-refractivity contribution in [2.45, 2.75) is 19.9 Å². The molecule has 0 spiro atoms. The molecule has 2 heterocycles. The minimum absolute atomic E-state index is 0.0744. The van der Waals surface area contributed by atoms with Gasteiger partial charge in [-0.1, -0.05) is 12.1 Å². The molecule has 26 heavy (non-hydrogen) atoms. The van der Waals surface area contributed by atoms with Gasteiger partial charge in [0, 0.05) is 38.4 Å². The van der Waals surface area contributed by atoms with Crippen molar-refractivity contribution in [1.29, 1.82) is 0 Å². The summed E-state index contributed by atoms with van der Waals surface area (Å²) in [7, 11) is 1.69. The van der Waals surface area contributed by atoms with E-state index in [2.05, 4.69) is 31.2 Å². The van der Waals surface area contributed by atoms with Crippen LogP contribution >= 0.6 is 0 Å². The molecule has 1 N–H and O–H groups in total. The Hall–Kier alpha value is -2.83. The van der Waals surface area contributed by atoms with Crippen LogP contribution in [0.15, 0.2) is 36.5 Å². The average Bonchev–Trinajstić information content (AvgIpc) is 2.67. The summed E-state index contributed by atoms with van der Waals surface area (Å²) < 4.78 is 5.46. The maximum absolute atomic E-state index is 12.2. The normalized spacial score (nSPS) is 14.5. The summed E-state index contributed by atoms with van der Waals surface area (Å²) in [6, 6.07) is 9.75. The van der Waals surface area contributed by atoms with E-state index in [1.54, 1.807) is 19.4 Å². The first-order chi connectivity index (χ1) is 12.6. The molecule has 138 valence electrons. The Labute approximate surface area is 154 Å². The first kappa shape index (κ1) is 18.0. The highest BCUT2D eigenvalue weighted by Crippen LogP contribution is 2.28. The second kappa shape index (κ2) is 8.03. The summed E-state index contributed by atoms with van der Waals surface area (Å²) in [6.45, 7) is 7.10. The fourth-order valence-electron chi connectivity index (χ4n) is 3.00. The largest absolute Gasteiger partial charge is 0.495 e. The lowest BCUT2D eigenvalue weighted by Crippen LogP contribution is -2.47. The van der Waals surface area contributed by atoms with Crippen molar-refractivity contribution in [1.82, 2.24) is 15.3 Å². The van der Waals surface area contributed by atoms with Gasteiger partial charge in [0.15, 0.2) is 0 Å². The van der Waals surface area contributed by atoms with Crippen molar-refractivity contribution in [3.8, 4) is 5.75 Å². The van der Waals surface area contributed by atoms with E-state index >= 15 is 0 Å². The number of methoxy groups -OCH3 is 1. The molecule has 0 unspecified atom stereocenters. The SMILES string of the molecule is COc1ccccc1N1CCN(c2nccc(C(=O)NC(C)C)n2)CC1. The molecule has 0 saturated carbocycles. The van der Waals surface area contributed by atoms with Crippen LogP contribution in [0.25, 0.3) is 0 Å². The number of benzene rings is 1. The second-order valence-corrected chi connectivity index (χ2v) is 6.52. The molecule has 2 aromatic rings. The summed E-state index contributed by atoms with van der Waals surface area (Å²) in [5.74, 6) is 1.31. The van der Waals surface area contributed by atoms with Crippen molar-refractivity contribution in [3.05, 3.63) is 42.2 Å². The highest BCUT2D eigenvalue weighted by atomic mass is 16.5. The highest BCUT2D eigenvalue weighted by molar-refractivity contribution is 5.92. The lowest BCUT2D eigenvalue weighted by molar-refractivity contribution is 0.0938. The maximum Gasteiger partial charge on any atom is 0.270 e. The Morgan fingerprint density at radius 1 is 1.12 bits per heavy atom. The van der Waals surface area contributed by atoms with E-state index in [-0.39, 0.29) is 11.9 Å². The van der Waals surface area contributed by atoms with Gasteiger partial charge in [0.25, 0.3) is 5.91 Å². The van der Waals surface area contributed by atoms with Gasteiger partial charge in [0.05, 0.1) is 12.8 Å². The molecule has 7 nitrogen and oxygen atoms in total. The number of rotatable bonds is 5. The molecule has 0 bridgehead atoms. The molecular weight excluding hydrogens is 330 g/mol. The predicted molar refractivity (Wildman–Crippen MR) is 102 cm³/mol. The number of para-hydroxylation sites is 2. The third-order valence-corrected chi connectivity index (χ3v) is 4.28. The van der Waals surface area contributed by atoms with Crippen molar-refractivity contribution in [2.24, 2.45) is 0 Å². The van der Waals surface area contributed by atoms with Crippen molar-refractivity contribution < 1.29 is 9.53 Å². The smallest absolute Gasteiger partial charge is 0.270 e. The number of piperazine rings is 1. The van der Waals surface area contributed by atoms with Crippen LogP contribution in [0, 0.1) is 0 Å². The van der Waals surface area contributed by atoms with Crippen LogP contribution in [0.1, 0.15) is 24.3 Å². The summed E-state index contributed by atoms with van der Waals surface area (Å²) in [4.78, 5) is 25.3. The number of hydrogen-bond acceptors (Lipinski definition) is 6. The number of nitrogens with one attached hydrogen (secondary N) is 1. The van der Waals surface area contributed by atoms with E-state index in [4.69, 9.17) is 4.74 Å².